The molecule has 2 aromatic carbocycles. The van der Waals surface area contributed by atoms with Crippen LogP contribution in [0, 0.1) is 0 Å². The molecule has 0 saturated carbocycles. The van der Waals surface area contributed by atoms with Gasteiger partial charge in [-0.15, -0.1) is 0 Å². The lowest BCUT2D eigenvalue weighted by atomic mass is 9.94. The van der Waals surface area contributed by atoms with E-state index in [4.69, 9.17) is 18.9 Å². The molecule has 2 aliphatic heterocycles. The van der Waals surface area contributed by atoms with E-state index in [9.17, 15) is 8.42 Å². The summed E-state index contributed by atoms with van der Waals surface area (Å²) in [6.07, 6.45) is 1.44. The Morgan fingerprint density at radius 1 is 1.00 bits per heavy atom. The molecule has 2 aliphatic rings. The minimum atomic E-state index is -3.71. The molecular formula is C21H25NO6S. The maximum Gasteiger partial charge on any atom is 0.243 e. The molecule has 2 aromatic rings. The van der Waals surface area contributed by atoms with Crippen LogP contribution in [-0.2, 0) is 16.4 Å². The van der Waals surface area contributed by atoms with Crippen LogP contribution in [0.3, 0.4) is 0 Å². The van der Waals surface area contributed by atoms with Gasteiger partial charge in [0.25, 0.3) is 0 Å². The minimum Gasteiger partial charge on any atom is -0.493 e. The zero-order chi connectivity index (χ0) is 20.6. The lowest BCUT2D eigenvalue weighted by Gasteiger charge is -2.34. The molecule has 0 aliphatic carbocycles. The van der Waals surface area contributed by atoms with Crippen molar-refractivity contribution in [2.24, 2.45) is 0 Å². The Morgan fingerprint density at radius 3 is 2.38 bits per heavy atom. The topological polar surface area (TPSA) is 74.3 Å². The van der Waals surface area contributed by atoms with Crippen molar-refractivity contribution in [3.63, 3.8) is 0 Å². The van der Waals surface area contributed by atoms with Gasteiger partial charge in [0.15, 0.2) is 23.0 Å². The molecule has 0 N–H and O–H groups in total. The van der Waals surface area contributed by atoms with E-state index in [1.54, 1.807) is 12.1 Å². The number of methoxy groups -OCH3 is 2. The summed E-state index contributed by atoms with van der Waals surface area (Å²) in [5.74, 6) is 2.29. The second-order valence-electron chi connectivity index (χ2n) is 7.11. The van der Waals surface area contributed by atoms with Gasteiger partial charge in [-0.2, -0.15) is 4.31 Å². The van der Waals surface area contributed by atoms with Crippen LogP contribution >= 0.6 is 0 Å². The van der Waals surface area contributed by atoms with Gasteiger partial charge in [0, 0.05) is 25.1 Å². The predicted molar refractivity (Wildman–Crippen MR) is 108 cm³/mol. The summed E-state index contributed by atoms with van der Waals surface area (Å²) in [5, 5.41) is 0. The quantitative estimate of drug-likeness (QED) is 0.758. The fourth-order valence-electron chi connectivity index (χ4n) is 3.89. The lowest BCUT2D eigenvalue weighted by molar-refractivity contribution is 0.296. The van der Waals surface area contributed by atoms with E-state index in [0.717, 1.165) is 23.3 Å². The first-order valence-electron chi connectivity index (χ1n) is 9.62. The van der Waals surface area contributed by atoms with Gasteiger partial charge in [-0.1, -0.05) is 0 Å². The zero-order valence-electron chi connectivity index (χ0n) is 16.8. The van der Waals surface area contributed by atoms with Crippen LogP contribution in [0.2, 0.25) is 0 Å². The summed E-state index contributed by atoms with van der Waals surface area (Å²) in [6.45, 7) is 3.51. The summed E-state index contributed by atoms with van der Waals surface area (Å²) in [5.41, 5.74) is 2.05. The molecule has 0 fully saturated rings. The Hall–Kier alpha value is -2.45. The van der Waals surface area contributed by atoms with Gasteiger partial charge < -0.3 is 18.9 Å². The fourth-order valence-corrected chi connectivity index (χ4v) is 5.52. The zero-order valence-corrected chi connectivity index (χ0v) is 17.6. The normalized spacial score (nSPS) is 19.2. The molecule has 4 rings (SSSR count). The van der Waals surface area contributed by atoms with Crippen LogP contribution in [0.5, 0.6) is 23.0 Å². The third-order valence-electron chi connectivity index (χ3n) is 5.45. The van der Waals surface area contributed by atoms with E-state index in [1.165, 1.54) is 24.6 Å². The number of fused-ring (bicyclic) bond motifs is 2. The Kier molecular flexibility index (Phi) is 5.31. The first kappa shape index (κ1) is 19.8. The van der Waals surface area contributed by atoms with Crippen molar-refractivity contribution in [3.8, 4) is 23.0 Å². The summed E-state index contributed by atoms with van der Waals surface area (Å²) in [7, 11) is -0.708. The van der Waals surface area contributed by atoms with E-state index >= 15 is 0 Å². The Labute approximate surface area is 171 Å². The van der Waals surface area contributed by atoms with Gasteiger partial charge in [0.1, 0.15) is 0 Å². The third-order valence-corrected chi connectivity index (χ3v) is 7.42. The molecule has 0 radical (unpaired) electrons. The molecule has 8 heteroatoms. The van der Waals surface area contributed by atoms with Gasteiger partial charge in [-0.05, 0) is 48.7 Å². The van der Waals surface area contributed by atoms with Crippen LogP contribution in [0.15, 0.2) is 35.2 Å². The lowest BCUT2D eigenvalue weighted by Crippen LogP contribution is -2.38. The molecule has 0 spiro atoms. The molecular weight excluding hydrogens is 394 g/mol. The molecule has 0 bridgehead atoms. The molecule has 7 nitrogen and oxygen atoms in total. The minimum absolute atomic E-state index is 0.180. The second-order valence-corrected chi connectivity index (χ2v) is 9.00. The predicted octanol–water partition coefficient (Wildman–Crippen LogP) is 3.17. The van der Waals surface area contributed by atoms with Crippen LogP contribution < -0.4 is 18.9 Å². The molecule has 2 heterocycles. The van der Waals surface area contributed by atoms with Crippen molar-refractivity contribution in [1.29, 1.82) is 0 Å². The molecule has 0 amide bonds. The Bertz CT molecular complexity index is 1020. The smallest absolute Gasteiger partial charge is 0.243 e. The summed E-state index contributed by atoms with van der Waals surface area (Å²) >= 11 is 0. The number of ether oxygens (including phenoxy) is 4. The van der Waals surface area contributed by atoms with Crippen molar-refractivity contribution >= 4 is 10.0 Å². The number of hydrogen-bond acceptors (Lipinski definition) is 6. The average molecular weight is 419 g/mol. The largest absolute Gasteiger partial charge is 0.493 e. The molecule has 0 saturated heterocycles. The molecule has 29 heavy (non-hydrogen) atoms. The highest BCUT2D eigenvalue weighted by atomic mass is 32.2. The van der Waals surface area contributed by atoms with Gasteiger partial charge in [0.05, 0.1) is 32.3 Å². The van der Waals surface area contributed by atoms with Gasteiger partial charge in [-0.25, -0.2) is 8.42 Å². The van der Waals surface area contributed by atoms with Crippen LogP contribution in [0.4, 0.5) is 0 Å². The van der Waals surface area contributed by atoms with Crippen molar-refractivity contribution in [1.82, 2.24) is 4.31 Å². The van der Waals surface area contributed by atoms with Crippen LogP contribution in [-0.4, -0.2) is 46.7 Å². The van der Waals surface area contributed by atoms with Gasteiger partial charge in [-0.3, -0.25) is 0 Å². The standard InChI is InChI=1S/C21H25NO6S/c1-14-17-13-21-20(27-9-4-10-28-21)11-15(17)7-8-22(14)29(23,24)16-5-6-18(25-2)19(12-16)26-3/h5-6,11-14H,4,7-10H2,1-3H3. The molecule has 156 valence electrons. The van der Waals surface area contributed by atoms with Gasteiger partial charge in [0.2, 0.25) is 10.0 Å². The van der Waals surface area contributed by atoms with E-state index in [1.807, 2.05) is 19.1 Å². The van der Waals surface area contributed by atoms with E-state index in [0.29, 0.717) is 43.4 Å². The highest BCUT2D eigenvalue weighted by Gasteiger charge is 2.35. The highest BCUT2D eigenvalue weighted by Crippen LogP contribution is 2.41. The van der Waals surface area contributed by atoms with Crippen LogP contribution in [0.25, 0.3) is 0 Å². The van der Waals surface area contributed by atoms with Crippen LogP contribution in [0.1, 0.15) is 30.5 Å². The van der Waals surface area contributed by atoms with Gasteiger partial charge >= 0.3 is 0 Å². The monoisotopic (exact) mass is 419 g/mol. The number of sulfonamides is 1. The molecule has 1 unspecified atom stereocenters. The maximum atomic E-state index is 13.4. The number of hydrogen-bond donors (Lipinski definition) is 0. The summed E-state index contributed by atoms with van der Waals surface area (Å²) in [6, 6.07) is 8.26. The molecule has 0 aromatic heterocycles. The SMILES string of the molecule is COc1ccc(S(=O)(=O)N2CCc3cc4c(cc3C2C)OCCCO4)cc1OC. The van der Waals surface area contributed by atoms with E-state index in [-0.39, 0.29) is 10.9 Å². The van der Waals surface area contributed by atoms with E-state index in [2.05, 4.69) is 0 Å². The fraction of sp³-hybridized carbons (Fsp3) is 0.429. The van der Waals surface area contributed by atoms with Crippen molar-refractivity contribution in [3.05, 3.63) is 41.5 Å². The third kappa shape index (κ3) is 3.51. The first-order chi connectivity index (χ1) is 14.0. The highest BCUT2D eigenvalue weighted by molar-refractivity contribution is 7.89. The van der Waals surface area contributed by atoms with Crippen molar-refractivity contribution in [2.75, 3.05) is 34.0 Å². The van der Waals surface area contributed by atoms with E-state index < -0.39 is 10.0 Å². The number of nitrogens with zero attached hydrogens (tertiary/aromatic N) is 1. The van der Waals surface area contributed by atoms with Crippen molar-refractivity contribution in [2.45, 2.75) is 30.7 Å². The molecule has 1 atom stereocenters. The average Bonchev–Trinajstić information content (AvgIpc) is 2.97. The summed E-state index contributed by atoms with van der Waals surface area (Å²) in [4.78, 5) is 0.180. The first-order valence-corrected chi connectivity index (χ1v) is 11.1. The number of rotatable bonds is 4. The summed E-state index contributed by atoms with van der Waals surface area (Å²) < 4.78 is 50.4. The Balaban J connectivity index is 1.69. The number of benzene rings is 2. The maximum absolute atomic E-state index is 13.4. The Morgan fingerprint density at radius 2 is 1.69 bits per heavy atom. The van der Waals surface area contributed by atoms with Crippen molar-refractivity contribution < 1.29 is 27.4 Å². The second kappa shape index (κ2) is 7.76.